The van der Waals surface area contributed by atoms with Gasteiger partial charge in [-0.2, -0.15) is 0 Å². The number of aliphatic hydroxyl groups is 2. The molecule has 0 aromatic carbocycles. The van der Waals surface area contributed by atoms with Crippen molar-refractivity contribution in [1.82, 2.24) is 5.32 Å². The Morgan fingerprint density at radius 2 is 2.09 bits per heavy atom. The molecule has 0 unspecified atom stereocenters. The summed E-state index contributed by atoms with van der Waals surface area (Å²) in [6.07, 6.45) is -0.318. The van der Waals surface area contributed by atoms with Crippen molar-refractivity contribution in [2.24, 2.45) is 0 Å². The SMILES string of the molecule is CB=O.C[C@@H](O)CNCCO. The van der Waals surface area contributed by atoms with Crippen LogP contribution in [0.2, 0.25) is 6.82 Å². The van der Waals surface area contributed by atoms with Gasteiger partial charge in [0.2, 0.25) is 0 Å². The number of rotatable bonds is 4. The van der Waals surface area contributed by atoms with Gasteiger partial charge >= 0.3 is 18.7 Å². The molecule has 11 heavy (non-hydrogen) atoms. The van der Waals surface area contributed by atoms with Crippen molar-refractivity contribution in [3.8, 4) is 0 Å². The Hall–Kier alpha value is -0.255. The van der Waals surface area contributed by atoms with Gasteiger partial charge in [-0.3, -0.25) is 0 Å². The molecule has 0 aliphatic heterocycles. The van der Waals surface area contributed by atoms with Gasteiger partial charge in [0.25, 0.3) is 0 Å². The van der Waals surface area contributed by atoms with Gasteiger partial charge in [0.15, 0.2) is 0 Å². The third-order valence-corrected chi connectivity index (χ3v) is 0.728. The molecule has 0 spiro atoms. The van der Waals surface area contributed by atoms with E-state index in [1.165, 1.54) is 6.82 Å². The maximum atomic E-state index is 8.81. The Morgan fingerprint density at radius 3 is 2.36 bits per heavy atom. The van der Waals surface area contributed by atoms with Crippen LogP contribution in [0.1, 0.15) is 6.92 Å². The van der Waals surface area contributed by atoms with E-state index in [1.807, 2.05) is 0 Å². The fourth-order valence-corrected chi connectivity index (χ4v) is 0.390. The van der Waals surface area contributed by atoms with Crippen molar-refractivity contribution in [3.63, 3.8) is 0 Å². The monoisotopic (exact) mass is 161 g/mol. The van der Waals surface area contributed by atoms with Gasteiger partial charge in [-0.1, -0.05) is 0 Å². The molecule has 0 saturated heterocycles. The second kappa shape index (κ2) is 12.4. The van der Waals surface area contributed by atoms with Gasteiger partial charge in [-0.05, 0) is 6.92 Å². The zero-order valence-corrected chi connectivity index (χ0v) is 7.08. The smallest absolute Gasteiger partial charge is 0.0636 e. The average molecular weight is 161 g/mol. The summed E-state index contributed by atoms with van der Waals surface area (Å²) < 4.78 is 8.81. The van der Waals surface area contributed by atoms with Crippen molar-refractivity contribution in [2.45, 2.75) is 19.9 Å². The molecule has 0 aromatic heterocycles. The van der Waals surface area contributed by atoms with Crippen LogP contribution in [0.25, 0.3) is 0 Å². The van der Waals surface area contributed by atoms with Crippen LogP contribution in [0.5, 0.6) is 0 Å². The minimum Gasteiger partial charge on any atom is -0.395 e. The minimum atomic E-state index is -0.318. The molecule has 3 N–H and O–H groups in total. The van der Waals surface area contributed by atoms with Gasteiger partial charge in [-0.15, -0.1) is 0 Å². The molecule has 0 fully saturated rings. The molecule has 0 radical (unpaired) electrons. The summed E-state index contributed by atoms with van der Waals surface area (Å²) >= 11 is 0. The summed E-state index contributed by atoms with van der Waals surface area (Å²) in [6, 6.07) is 0. The fourth-order valence-electron chi connectivity index (χ4n) is 0.390. The third-order valence-electron chi connectivity index (χ3n) is 0.728. The summed E-state index contributed by atoms with van der Waals surface area (Å²) in [7, 11) is 0.750. The molecular formula is C6H16BNO3. The molecule has 0 amide bonds. The molecule has 1 atom stereocenters. The molecule has 0 aliphatic carbocycles. The van der Waals surface area contributed by atoms with E-state index in [1.54, 1.807) is 6.92 Å². The van der Waals surface area contributed by atoms with E-state index in [-0.39, 0.29) is 12.7 Å². The van der Waals surface area contributed by atoms with E-state index in [9.17, 15) is 0 Å². The van der Waals surface area contributed by atoms with E-state index < -0.39 is 0 Å². The normalized spacial score (nSPS) is 10.9. The molecule has 0 rings (SSSR count). The molecule has 4 nitrogen and oxygen atoms in total. The van der Waals surface area contributed by atoms with Crippen LogP contribution in [0.4, 0.5) is 0 Å². The van der Waals surface area contributed by atoms with E-state index in [0.29, 0.717) is 13.1 Å². The summed E-state index contributed by atoms with van der Waals surface area (Å²) in [5, 5.41) is 19.7. The van der Waals surface area contributed by atoms with Gasteiger partial charge in [0, 0.05) is 13.1 Å². The largest absolute Gasteiger partial charge is 0.395 e. The summed E-state index contributed by atoms with van der Waals surface area (Å²) in [5.41, 5.74) is 0. The maximum Gasteiger partial charge on any atom is 0.0636 e. The van der Waals surface area contributed by atoms with Crippen molar-refractivity contribution < 1.29 is 14.9 Å². The molecular weight excluding hydrogens is 145 g/mol. The Morgan fingerprint density at radius 1 is 1.64 bits per heavy atom. The number of hydrogen-bond acceptors (Lipinski definition) is 4. The van der Waals surface area contributed by atoms with Crippen molar-refractivity contribution in [1.29, 1.82) is 0 Å². The first-order chi connectivity index (χ1) is 5.18. The molecule has 0 saturated carbocycles. The molecule has 0 aliphatic rings. The van der Waals surface area contributed by atoms with Crippen LogP contribution in [0.15, 0.2) is 0 Å². The van der Waals surface area contributed by atoms with E-state index in [2.05, 4.69) is 5.32 Å². The summed E-state index contributed by atoms with van der Waals surface area (Å²) in [4.78, 5) is 0. The topological polar surface area (TPSA) is 69.6 Å². The standard InChI is InChI=1S/C5H13NO2.CH3BO/c1-5(8)4-6-2-3-7;1-2-3/h5-8H,2-4H2,1H3;1H3/t5-;/m1./s1. The Labute approximate surface area is 67.9 Å². The molecule has 0 aromatic rings. The third kappa shape index (κ3) is 26.0. The van der Waals surface area contributed by atoms with Gasteiger partial charge in [-0.25, -0.2) is 0 Å². The maximum absolute atomic E-state index is 8.81. The van der Waals surface area contributed by atoms with Gasteiger partial charge in [0.1, 0.15) is 0 Å². The van der Waals surface area contributed by atoms with Gasteiger partial charge < -0.3 is 15.5 Å². The number of hydrogen-bond donors (Lipinski definition) is 3. The predicted molar refractivity (Wildman–Crippen MR) is 43.9 cm³/mol. The molecule has 0 heterocycles. The van der Waals surface area contributed by atoms with Crippen LogP contribution >= 0.6 is 0 Å². The predicted octanol–water partition coefficient (Wildman–Crippen LogP) is -0.967. The second-order valence-corrected chi connectivity index (χ2v) is 2.01. The van der Waals surface area contributed by atoms with E-state index >= 15 is 0 Å². The van der Waals surface area contributed by atoms with Crippen LogP contribution in [0.3, 0.4) is 0 Å². The number of nitrogens with one attached hydrogen (secondary N) is 1. The number of aliphatic hydroxyl groups excluding tert-OH is 2. The Balaban J connectivity index is 0. The van der Waals surface area contributed by atoms with Crippen LogP contribution in [-0.2, 0) is 4.70 Å². The zero-order chi connectivity index (χ0) is 9.11. The Kier molecular flexibility index (Phi) is 15.1. The van der Waals surface area contributed by atoms with Crippen molar-refractivity contribution in [3.05, 3.63) is 0 Å². The quantitative estimate of drug-likeness (QED) is 0.366. The van der Waals surface area contributed by atoms with Crippen LogP contribution in [-0.4, -0.2) is 43.2 Å². The van der Waals surface area contributed by atoms with Crippen molar-refractivity contribution >= 4 is 7.15 Å². The van der Waals surface area contributed by atoms with Gasteiger partial charge in [0.05, 0.1) is 12.7 Å². The first-order valence-corrected chi connectivity index (χ1v) is 3.58. The molecule has 66 valence electrons. The minimum absolute atomic E-state index is 0.132. The molecule has 0 bridgehead atoms. The average Bonchev–Trinajstić information content (AvgIpc) is 1.89. The second-order valence-electron chi connectivity index (χ2n) is 2.01. The Bertz CT molecular complexity index is 80.2. The fraction of sp³-hybridized carbons (Fsp3) is 1.00. The zero-order valence-electron chi connectivity index (χ0n) is 7.08. The summed E-state index contributed by atoms with van der Waals surface area (Å²) in [5.74, 6) is 0. The van der Waals surface area contributed by atoms with Crippen LogP contribution < -0.4 is 5.32 Å². The molecule has 5 heteroatoms. The van der Waals surface area contributed by atoms with Crippen LogP contribution in [0, 0.1) is 0 Å². The van der Waals surface area contributed by atoms with E-state index in [4.69, 9.17) is 14.9 Å². The first kappa shape index (κ1) is 13.3. The van der Waals surface area contributed by atoms with E-state index in [0.717, 1.165) is 7.15 Å². The van der Waals surface area contributed by atoms with Crippen molar-refractivity contribution in [2.75, 3.05) is 19.7 Å². The first-order valence-electron chi connectivity index (χ1n) is 3.58. The summed E-state index contributed by atoms with van der Waals surface area (Å²) in [6.45, 7) is 4.39.